The van der Waals surface area contributed by atoms with Crippen LogP contribution in [0.4, 0.5) is 0 Å². The maximum absolute atomic E-state index is 12.8. The Bertz CT molecular complexity index is 975. The molecule has 3 rings (SSSR count). The number of thioether (sulfide) groups is 1. The number of aromatic amines is 1. The third-order valence-electron chi connectivity index (χ3n) is 5.38. The topological polar surface area (TPSA) is 99.1 Å². The molecule has 0 aliphatic heterocycles. The summed E-state index contributed by atoms with van der Waals surface area (Å²) in [6.45, 7) is 2.68. The van der Waals surface area contributed by atoms with Crippen LogP contribution in [-0.2, 0) is 4.79 Å². The molecule has 0 atom stereocenters. The molecule has 1 aliphatic carbocycles. The van der Waals surface area contributed by atoms with Crippen LogP contribution in [0.5, 0.6) is 5.75 Å². The number of nitrogens with one attached hydrogen (secondary N) is 1. The quantitative estimate of drug-likeness (QED) is 0.537. The van der Waals surface area contributed by atoms with Gasteiger partial charge in [0, 0.05) is 18.2 Å². The molecule has 1 amide bonds. The van der Waals surface area contributed by atoms with Crippen molar-refractivity contribution in [2.75, 3.05) is 19.4 Å². The van der Waals surface area contributed by atoms with Crippen LogP contribution in [0.2, 0.25) is 0 Å². The van der Waals surface area contributed by atoms with Gasteiger partial charge < -0.3 is 14.6 Å². The molecule has 2 aromatic rings. The van der Waals surface area contributed by atoms with E-state index < -0.39 is 5.56 Å². The number of carbonyl (C=O) groups is 1. The van der Waals surface area contributed by atoms with Crippen molar-refractivity contribution in [3.63, 3.8) is 0 Å². The Morgan fingerprint density at radius 3 is 2.60 bits per heavy atom. The minimum atomic E-state index is -0.507. The summed E-state index contributed by atoms with van der Waals surface area (Å²) < 4.78 is 5.16. The van der Waals surface area contributed by atoms with Gasteiger partial charge in [-0.05, 0) is 44.0 Å². The van der Waals surface area contributed by atoms with Crippen LogP contribution < -0.4 is 10.3 Å². The van der Waals surface area contributed by atoms with Crippen LogP contribution in [0.15, 0.2) is 34.2 Å². The molecule has 1 heterocycles. The highest BCUT2D eigenvalue weighted by Crippen LogP contribution is 2.26. The molecule has 8 heteroatoms. The van der Waals surface area contributed by atoms with Crippen LogP contribution >= 0.6 is 11.8 Å². The number of benzene rings is 1. The first-order chi connectivity index (χ1) is 14.6. The Hall–Kier alpha value is -2.79. The highest BCUT2D eigenvalue weighted by Gasteiger charge is 2.24. The summed E-state index contributed by atoms with van der Waals surface area (Å²) >= 11 is 1.19. The number of methoxy groups -OCH3 is 1. The van der Waals surface area contributed by atoms with Crippen LogP contribution in [0, 0.1) is 11.3 Å². The summed E-state index contributed by atoms with van der Waals surface area (Å²) in [5.74, 6) is 0.915. The van der Waals surface area contributed by atoms with Gasteiger partial charge in [0.1, 0.15) is 17.4 Å². The van der Waals surface area contributed by atoms with E-state index in [-0.39, 0.29) is 17.2 Å². The molecular formula is C22H26N4O3S. The monoisotopic (exact) mass is 426 g/mol. The molecule has 0 bridgehead atoms. The van der Waals surface area contributed by atoms with E-state index >= 15 is 0 Å². The molecule has 1 aromatic carbocycles. The highest BCUT2D eigenvalue weighted by atomic mass is 32.2. The molecule has 0 saturated heterocycles. The zero-order valence-corrected chi connectivity index (χ0v) is 18.1. The van der Waals surface area contributed by atoms with Gasteiger partial charge in [-0.15, -0.1) is 0 Å². The molecule has 1 N–H and O–H groups in total. The molecule has 0 unspecified atom stereocenters. The predicted molar refractivity (Wildman–Crippen MR) is 117 cm³/mol. The highest BCUT2D eigenvalue weighted by molar-refractivity contribution is 7.99. The molecule has 30 heavy (non-hydrogen) atoms. The standard InChI is InChI=1S/C22H26N4O3S/c1-3-26(16-7-5-4-6-8-16)19(27)14-30-22-24-20(18(13-23)21(28)25-22)15-9-11-17(29-2)12-10-15/h9-12,16H,3-8,14H2,1-2H3,(H,24,25,28). The van der Waals surface area contributed by atoms with E-state index in [9.17, 15) is 14.9 Å². The zero-order valence-electron chi connectivity index (χ0n) is 17.3. The summed E-state index contributed by atoms with van der Waals surface area (Å²) in [6, 6.07) is 9.24. The van der Waals surface area contributed by atoms with Crippen molar-refractivity contribution in [3.05, 3.63) is 40.2 Å². The molecule has 158 valence electrons. The molecule has 1 aliphatic rings. The zero-order chi connectivity index (χ0) is 21.5. The fourth-order valence-electron chi connectivity index (χ4n) is 3.83. The van der Waals surface area contributed by atoms with Crippen molar-refractivity contribution in [3.8, 4) is 23.1 Å². The molecular weight excluding hydrogens is 400 g/mol. The van der Waals surface area contributed by atoms with E-state index in [0.29, 0.717) is 34.7 Å². The summed E-state index contributed by atoms with van der Waals surface area (Å²) in [6.07, 6.45) is 5.67. The fourth-order valence-corrected chi connectivity index (χ4v) is 4.57. The van der Waals surface area contributed by atoms with Crippen molar-refractivity contribution in [1.29, 1.82) is 5.26 Å². The second-order valence-electron chi connectivity index (χ2n) is 7.20. The largest absolute Gasteiger partial charge is 0.497 e. The predicted octanol–water partition coefficient (Wildman–Crippen LogP) is 3.59. The van der Waals surface area contributed by atoms with Gasteiger partial charge in [-0.25, -0.2) is 4.98 Å². The first-order valence-corrected chi connectivity index (χ1v) is 11.2. The van der Waals surface area contributed by atoms with Gasteiger partial charge in [0.2, 0.25) is 5.91 Å². The van der Waals surface area contributed by atoms with E-state index in [1.807, 2.05) is 17.9 Å². The number of amides is 1. The second-order valence-corrected chi connectivity index (χ2v) is 8.16. The summed E-state index contributed by atoms with van der Waals surface area (Å²) in [5, 5.41) is 9.75. The minimum absolute atomic E-state index is 0.0479. The lowest BCUT2D eigenvalue weighted by atomic mass is 9.94. The van der Waals surface area contributed by atoms with Crippen molar-refractivity contribution in [2.45, 2.75) is 50.2 Å². The fraction of sp³-hybridized carbons (Fsp3) is 0.455. The summed E-state index contributed by atoms with van der Waals surface area (Å²) in [4.78, 5) is 34.3. The van der Waals surface area contributed by atoms with Crippen molar-refractivity contribution >= 4 is 17.7 Å². The molecule has 1 aromatic heterocycles. The van der Waals surface area contributed by atoms with E-state index in [2.05, 4.69) is 9.97 Å². The number of hydrogen-bond acceptors (Lipinski definition) is 6. The number of carbonyl (C=O) groups excluding carboxylic acids is 1. The number of aromatic nitrogens is 2. The van der Waals surface area contributed by atoms with Gasteiger partial charge in [-0.3, -0.25) is 9.59 Å². The first-order valence-electron chi connectivity index (χ1n) is 10.2. The van der Waals surface area contributed by atoms with Crippen LogP contribution in [0.25, 0.3) is 11.3 Å². The van der Waals surface area contributed by atoms with E-state index in [0.717, 1.165) is 25.7 Å². The lowest BCUT2D eigenvalue weighted by Crippen LogP contribution is -2.42. The number of rotatable bonds is 7. The van der Waals surface area contributed by atoms with Gasteiger partial charge in [-0.2, -0.15) is 5.26 Å². The molecule has 7 nitrogen and oxygen atoms in total. The van der Waals surface area contributed by atoms with E-state index in [1.54, 1.807) is 31.4 Å². The number of nitriles is 1. The second kappa shape index (κ2) is 10.3. The van der Waals surface area contributed by atoms with Crippen molar-refractivity contribution in [2.24, 2.45) is 0 Å². The van der Waals surface area contributed by atoms with Gasteiger partial charge in [0.05, 0.1) is 18.6 Å². The average molecular weight is 427 g/mol. The summed E-state index contributed by atoms with van der Waals surface area (Å²) in [7, 11) is 1.57. The Balaban J connectivity index is 1.79. The smallest absolute Gasteiger partial charge is 0.270 e. The third kappa shape index (κ3) is 5.03. The van der Waals surface area contributed by atoms with E-state index in [4.69, 9.17) is 4.74 Å². The van der Waals surface area contributed by atoms with Crippen molar-refractivity contribution in [1.82, 2.24) is 14.9 Å². The Morgan fingerprint density at radius 1 is 1.30 bits per heavy atom. The maximum Gasteiger partial charge on any atom is 0.270 e. The molecule has 1 fully saturated rings. The number of hydrogen-bond donors (Lipinski definition) is 1. The van der Waals surface area contributed by atoms with E-state index in [1.165, 1.54) is 18.2 Å². The SMILES string of the molecule is CCN(C(=O)CSc1nc(-c2ccc(OC)cc2)c(C#N)c(=O)[nH]1)C1CCCCC1. The Morgan fingerprint density at radius 2 is 2.00 bits per heavy atom. The average Bonchev–Trinajstić information content (AvgIpc) is 2.78. The van der Waals surface area contributed by atoms with Gasteiger partial charge >= 0.3 is 0 Å². The Kier molecular flexibility index (Phi) is 7.52. The minimum Gasteiger partial charge on any atom is -0.497 e. The number of ether oxygens (including phenoxy) is 1. The van der Waals surface area contributed by atoms with Gasteiger partial charge in [0.15, 0.2) is 5.16 Å². The van der Waals surface area contributed by atoms with Crippen LogP contribution in [0.1, 0.15) is 44.6 Å². The third-order valence-corrected chi connectivity index (χ3v) is 6.24. The molecule has 0 spiro atoms. The van der Waals surface area contributed by atoms with Crippen LogP contribution in [-0.4, -0.2) is 46.2 Å². The first kappa shape index (κ1) is 21.9. The summed E-state index contributed by atoms with van der Waals surface area (Å²) in [5.41, 5.74) is 0.392. The number of H-pyrrole nitrogens is 1. The maximum atomic E-state index is 12.8. The normalized spacial score (nSPS) is 14.2. The lowest BCUT2D eigenvalue weighted by Gasteiger charge is -2.33. The van der Waals surface area contributed by atoms with Gasteiger partial charge in [-0.1, -0.05) is 31.0 Å². The molecule has 0 radical (unpaired) electrons. The number of nitrogens with zero attached hydrogens (tertiary/aromatic N) is 3. The molecule has 1 saturated carbocycles. The van der Waals surface area contributed by atoms with Gasteiger partial charge in [0.25, 0.3) is 5.56 Å². The lowest BCUT2D eigenvalue weighted by molar-refractivity contribution is -0.131. The van der Waals surface area contributed by atoms with Crippen LogP contribution in [0.3, 0.4) is 0 Å². The Labute approximate surface area is 180 Å². The van der Waals surface area contributed by atoms with Crippen molar-refractivity contribution < 1.29 is 9.53 Å².